The maximum Gasteiger partial charge on any atom is 0.255 e. The van der Waals surface area contributed by atoms with E-state index in [0.29, 0.717) is 24.5 Å². The van der Waals surface area contributed by atoms with Crippen LogP contribution in [0.25, 0.3) is 0 Å². The summed E-state index contributed by atoms with van der Waals surface area (Å²) < 4.78 is 19.0. The monoisotopic (exact) mass is 314 g/mol. The molecule has 0 saturated carbocycles. The number of amides is 1. The van der Waals surface area contributed by atoms with E-state index in [1.165, 1.54) is 12.1 Å². The van der Waals surface area contributed by atoms with E-state index in [2.05, 4.69) is 10.2 Å². The number of ether oxygens (including phenoxy) is 1. The number of morpholine rings is 1. The lowest BCUT2D eigenvalue weighted by atomic mass is 10.1. The Morgan fingerprint density at radius 1 is 1.13 bits per heavy atom. The van der Waals surface area contributed by atoms with Gasteiger partial charge < -0.3 is 15.0 Å². The fourth-order valence-corrected chi connectivity index (χ4v) is 2.59. The molecule has 2 aromatic carbocycles. The SMILES string of the molecule is Cc1ccc(C(=O)Nc2cc(F)ccc2N2CCOCC2)cc1. The molecule has 120 valence electrons. The number of hydrogen-bond acceptors (Lipinski definition) is 3. The average Bonchev–Trinajstić information content (AvgIpc) is 2.56. The van der Waals surface area contributed by atoms with Crippen molar-refractivity contribution in [2.24, 2.45) is 0 Å². The summed E-state index contributed by atoms with van der Waals surface area (Å²) in [6.07, 6.45) is 0. The van der Waals surface area contributed by atoms with E-state index in [-0.39, 0.29) is 11.7 Å². The molecule has 1 heterocycles. The zero-order valence-corrected chi connectivity index (χ0v) is 13.0. The van der Waals surface area contributed by atoms with Crippen LogP contribution in [0.2, 0.25) is 0 Å². The van der Waals surface area contributed by atoms with E-state index >= 15 is 0 Å². The van der Waals surface area contributed by atoms with Gasteiger partial charge in [-0.1, -0.05) is 17.7 Å². The van der Waals surface area contributed by atoms with Crippen LogP contribution in [0, 0.1) is 12.7 Å². The van der Waals surface area contributed by atoms with Gasteiger partial charge in [0, 0.05) is 18.7 Å². The second kappa shape index (κ2) is 6.79. The number of halogens is 1. The minimum atomic E-state index is -0.374. The number of carbonyl (C=O) groups excluding carboxylic acids is 1. The summed E-state index contributed by atoms with van der Waals surface area (Å²) in [6, 6.07) is 11.7. The maximum absolute atomic E-state index is 13.6. The van der Waals surface area contributed by atoms with Gasteiger partial charge in [0.05, 0.1) is 24.6 Å². The zero-order valence-electron chi connectivity index (χ0n) is 13.0. The van der Waals surface area contributed by atoms with Crippen molar-refractivity contribution >= 4 is 17.3 Å². The number of nitrogens with one attached hydrogen (secondary N) is 1. The molecular formula is C18H19FN2O2. The van der Waals surface area contributed by atoms with Gasteiger partial charge in [-0.05, 0) is 37.3 Å². The van der Waals surface area contributed by atoms with Crippen molar-refractivity contribution in [1.82, 2.24) is 0 Å². The Kier molecular flexibility index (Phi) is 4.57. The van der Waals surface area contributed by atoms with E-state index in [0.717, 1.165) is 24.3 Å². The third kappa shape index (κ3) is 3.68. The average molecular weight is 314 g/mol. The molecule has 1 aliphatic rings. The quantitative estimate of drug-likeness (QED) is 0.946. The minimum absolute atomic E-state index is 0.245. The van der Waals surface area contributed by atoms with E-state index in [9.17, 15) is 9.18 Å². The van der Waals surface area contributed by atoms with Crippen molar-refractivity contribution in [3.05, 3.63) is 59.4 Å². The van der Waals surface area contributed by atoms with Crippen LogP contribution in [0.4, 0.5) is 15.8 Å². The third-order valence-corrected chi connectivity index (χ3v) is 3.87. The van der Waals surface area contributed by atoms with Crippen molar-refractivity contribution < 1.29 is 13.9 Å². The standard InChI is InChI=1S/C18H19FN2O2/c1-13-2-4-14(5-3-13)18(22)20-16-12-15(19)6-7-17(16)21-8-10-23-11-9-21/h2-7,12H,8-11H2,1H3,(H,20,22). The fraction of sp³-hybridized carbons (Fsp3) is 0.278. The molecule has 0 unspecified atom stereocenters. The molecule has 4 nitrogen and oxygen atoms in total. The molecule has 0 spiro atoms. The lowest BCUT2D eigenvalue weighted by molar-refractivity contribution is 0.102. The smallest absolute Gasteiger partial charge is 0.255 e. The highest BCUT2D eigenvalue weighted by Crippen LogP contribution is 2.28. The van der Waals surface area contributed by atoms with E-state index < -0.39 is 0 Å². The van der Waals surface area contributed by atoms with Crippen molar-refractivity contribution in [3.63, 3.8) is 0 Å². The first-order chi connectivity index (χ1) is 11.1. The fourth-order valence-electron chi connectivity index (χ4n) is 2.59. The highest BCUT2D eigenvalue weighted by Gasteiger charge is 2.17. The van der Waals surface area contributed by atoms with Gasteiger partial charge in [-0.25, -0.2) is 4.39 Å². The second-order valence-electron chi connectivity index (χ2n) is 5.58. The molecule has 0 radical (unpaired) electrons. The minimum Gasteiger partial charge on any atom is -0.378 e. The Morgan fingerprint density at radius 3 is 2.52 bits per heavy atom. The van der Waals surface area contributed by atoms with Crippen molar-refractivity contribution in [2.75, 3.05) is 36.5 Å². The summed E-state index contributed by atoms with van der Waals surface area (Å²) in [6.45, 7) is 4.66. The number of hydrogen-bond donors (Lipinski definition) is 1. The van der Waals surface area contributed by atoms with Crippen molar-refractivity contribution in [2.45, 2.75) is 6.92 Å². The Bertz CT molecular complexity index is 695. The number of benzene rings is 2. The third-order valence-electron chi connectivity index (χ3n) is 3.87. The number of aryl methyl sites for hydroxylation is 1. The van der Waals surface area contributed by atoms with Gasteiger partial charge in [-0.2, -0.15) is 0 Å². The van der Waals surface area contributed by atoms with E-state index in [1.54, 1.807) is 18.2 Å². The van der Waals surface area contributed by atoms with E-state index in [4.69, 9.17) is 4.74 Å². The second-order valence-corrected chi connectivity index (χ2v) is 5.58. The predicted molar refractivity (Wildman–Crippen MR) is 88.6 cm³/mol. The van der Waals surface area contributed by atoms with Crippen LogP contribution >= 0.6 is 0 Å². The molecule has 1 amide bonds. The highest BCUT2D eigenvalue weighted by molar-refractivity contribution is 6.06. The Labute approximate surface area is 134 Å². The summed E-state index contributed by atoms with van der Waals surface area (Å²) in [4.78, 5) is 14.5. The number of rotatable bonds is 3. The molecular weight excluding hydrogens is 295 g/mol. The molecule has 1 aliphatic heterocycles. The predicted octanol–water partition coefficient (Wildman–Crippen LogP) is 3.22. The van der Waals surface area contributed by atoms with Gasteiger partial charge in [0.15, 0.2) is 0 Å². The van der Waals surface area contributed by atoms with Crippen LogP contribution in [0.15, 0.2) is 42.5 Å². The molecule has 0 atom stereocenters. The van der Waals surface area contributed by atoms with Crippen LogP contribution in [-0.2, 0) is 4.74 Å². The van der Waals surface area contributed by atoms with Crippen LogP contribution in [-0.4, -0.2) is 32.2 Å². The highest BCUT2D eigenvalue weighted by atomic mass is 19.1. The lowest BCUT2D eigenvalue weighted by Crippen LogP contribution is -2.36. The first kappa shape index (κ1) is 15.5. The maximum atomic E-state index is 13.6. The van der Waals surface area contributed by atoms with E-state index in [1.807, 2.05) is 19.1 Å². The summed E-state index contributed by atoms with van der Waals surface area (Å²) in [5.74, 6) is -0.619. The molecule has 5 heteroatoms. The van der Waals surface area contributed by atoms with Crippen LogP contribution in [0.3, 0.4) is 0 Å². The summed E-state index contributed by atoms with van der Waals surface area (Å²) in [5.41, 5.74) is 2.93. The van der Waals surface area contributed by atoms with Gasteiger partial charge >= 0.3 is 0 Å². The molecule has 1 saturated heterocycles. The Morgan fingerprint density at radius 2 is 1.83 bits per heavy atom. The number of nitrogens with zero attached hydrogens (tertiary/aromatic N) is 1. The van der Waals surface area contributed by atoms with Crippen molar-refractivity contribution in [3.8, 4) is 0 Å². The molecule has 1 fully saturated rings. The molecule has 0 aliphatic carbocycles. The summed E-state index contributed by atoms with van der Waals surface area (Å²) >= 11 is 0. The van der Waals surface area contributed by atoms with Gasteiger partial charge in [0.1, 0.15) is 5.82 Å². The molecule has 1 N–H and O–H groups in total. The molecule has 2 aromatic rings. The number of anilines is 2. The zero-order chi connectivity index (χ0) is 16.2. The van der Waals surface area contributed by atoms with Gasteiger partial charge in [-0.3, -0.25) is 4.79 Å². The molecule has 3 rings (SSSR count). The van der Waals surface area contributed by atoms with Crippen LogP contribution in [0.5, 0.6) is 0 Å². The Hall–Kier alpha value is -2.40. The molecule has 0 bridgehead atoms. The summed E-state index contributed by atoms with van der Waals surface area (Å²) in [7, 11) is 0. The summed E-state index contributed by atoms with van der Waals surface area (Å²) in [5, 5.41) is 2.82. The number of carbonyl (C=O) groups is 1. The topological polar surface area (TPSA) is 41.6 Å². The van der Waals surface area contributed by atoms with Gasteiger partial charge in [0.25, 0.3) is 5.91 Å². The first-order valence-corrected chi connectivity index (χ1v) is 7.64. The lowest BCUT2D eigenvalue weighted by Gasteiger charge is -2.30. The van der Waals surface area contributed by atoms with Gasteiger partial charge in [0.2, 0.25) is 0 Å². The molecule has 0 aromatic heterocycles. The van der Waals surface area contributed by atoms with Crippen LogP contribution in [0.1, 0.15) is 15.9 Å². The van der Waals surface area contributed by atoms with Crippen molar-refractivity contribution in [1.29, 1.82) is 0 Å². The normalized spacial score (nSPS) is 14.6. The Balaban J connectivity index is 1.84. The first-order valence-electron chi connectivity index (χ1n) is 7.64. The largest absolute Gasteiger partial charge is 0.378 e. The van der Waals surface area contributed by atoms with Gasteiger partial charge in [-0.15, -0.1) is 0 Å². The van der Waals surface area contributed by atoms with Crippen LogP contribution < -0.4 is 10.2 Å². The molecule has 23 heavy (non-hydrogen) atoms.